The summed E-state index contributed by atoms with van der Waals surface area (Å²) in [4.78, 5) is 38.2. The Labute approximate surface area is 175 Å². The van der Waals surface area contributed by atoms with Gasteiger partial charge in [0.05, 0.1) is 11.5 Å². The molecule has 0 saturated carbocycles. The lowest BCUT2D eigenvalue weighted by Gasteiger charge is -2.12. The number of carbonyl (C=O) groups excluding carboxylic acids is 3. The third kappa shape index (κ3) is 5.02. The van der Waals surface area contributed by atoms with E-state index < -0.39 is 17.1 Å². The predicted octanol–water partition coefficient (Wildman–Crippen LogP) is 4.52. The molecule has 144 valence electrons. The maximum atomic E-state index is 12.5. The maximum Gasteiger partial charge on any atom is 0.294 e. The van der Waals surface area contributed by atoms with E-state index in [2.05, 4.69) is 21.2 Å². The fourth-order valence-corrected chi connectivity index (χ4v) is 3.59. The highest BCUT2D eigenvalue weighted by Gasteiger charge is 2.36. The summed E-state index contributed by atoms with van der Waals surface area (Å²) in [5.74, 6) is -0.222. The van der Waals surface area contributed by atoms with E-state index in [1.807, 2.05) is 31.2 Å². The molecule has 2 aromatic carbocycles. The average molecular weight is 461 g/mol. The highest BCUT2D eigenvalue weighted by molar-refractivity contribution is 9.10. The zero-order valence-electron chi connectivity index (χ0n) is 15.0. The van der Waals surface area contributed by atoms with Gasteiger partial charge in [-0.3, -0.25) is 19.3 Å². The van der Waals surface area contributed by atoms with E-state index >= 15 is 0 Å². The number of imide groups is 1. The number of carbonyl (C=O) groups is 3. The van der Waals surface area contributed by atoms with Crippen LogP contribution in [0.5, 0.6) is 5.75 Å². The van der Waals surface area contributed by atoms with Crippen molar-refractivity contribution in [2.45, 2.75) is 6.92 Å². The van der Waals surface area contributed by atoms with Crippen molar-refractivity contribution in [3.8, 4) is 5.75 Å². The Morgan fingerprint density at radius 3 is 2.46 bits per heavy atom. The van der Waals surface area contributed by atoms with Crippen LogP contribution in [0.3, 0.4) is 0 Å². The number of ether oxygens (including phenoxy) is 1. The number of anilines is 1. The molecule has 8 heteroatoms. The van der Waals surface area contributed by atoms with Crippen molar-refractivity contribution < 1.29 is 19.1 Å². The molecular weight excluding hydrogens is 444 g/mol. The predicted molar refractivity (Wildman–Crippen MR) is 113 cm³/mol. The Balaban J connectivity index is 1.63. The summed E-state index contributed by atoms with van der Waals surface area (Å²) < 4.78 is 6.27. The molecule has 6 nitrogen and oxygen atoms in total. The second kappa shape index (κ2) is 9.07. The maximum absolute atomic E-state index is 12.5. The normalized spacial score (nSPS) is 15.2. The number of amides is 3. The minimum absolute atomic E-state index is 0.293. The third-order valence-corrected chi connectivity index (χ3v) is 5.23. The molecule has 0 atom stereocenters. The van der Waals surface area contributed by atoms with Gasteiger partial charge in [-0.05, 0) is 66.7 Å². The van der Waals surface area contributed by atoms with Gasteiger partial charge >= 0.3 is 0 Å². The van der Waals surface area contributed by atoms with Crippen molar-refractivity contribution in [1.29, 1.82) is 0 Å². The molecular formula is C20H17BrN2O4S. The van der Waals surface area contributed by atoms with Crippen LogP contribution in [0.4, 0.5) is 10.5 Å². The van der Waals surface area contributed by atoms with Crippen molar-refractivity contribution in [2.75, 3.05) is 18.5 Å². The standard InChI is InChI=1S/C20H17BrN2O4S/c1-2-27-16-9-7-15(8-10-16)22-18(24)12-23-19(25)17(28-20(23)26)11-13-3-5-14(21)6-4-13/h3-11H,2,12H2,1H3,(H,22,24). The zero-order chi connectivity index (χ0) is 20.1. The summed E-state index contributed by atoms with van der Waals surface area (Å²) in [5, 5.41) is 2.21. The van der Waals surface area contributed by atoms with Crippen LogP contribution in [-0.4, -0.2) is 35.1 Å². The molecule has 2 aromatic rings. The molecule has 3 rings (SSSR count). The number of thioether (sulfide) groups is 1. The first-order valence-corrected chi connectivity index (χ1v) is 10.1. The Kier molecular flexibility index (Phi) is 6.53. The largest absolute Gasteiger partial charge is 0.494 e. The lowest BCUT2D eigenvalue weighted by atomic mass is 10.2. The number of hydrogen-bond donors (Lipinski definition) is 1. The van der Waals surface area contributed by atoms with Gasteiger partial charge in [-0.2, -0.15) is 0 Å². The van der Waals surface area contributed by atoms with Crippen molar-refractivity contribution in [1.82, 2.24) is 4.90 Å². The van der Waals surface area contributed by atoms with E-state index in [-0.39, 0.29) is 6.54 Å². The summed E-state index contributed by atoms with van der Waals surface area (Å²) >= 11 is 4.18. The van der Waals surface area contributed by atoms with Gasteiger partial charge in [-0.15, -0.1) is 0 Å². The van der Waals surface area contributed by atoms with Crippen LogP contribution in [0.15, 0.2) is 57.9 Å². The van der Waals surface area contributed by atoms with Gasteiger partial charge in [0.25, 0.3) is 11.1 Å². The molecule has 28 heavy (non-hydrogen) atoms. The van der Waals surface area contributed by atoms with Gasteiger partial charge in [0.15, 0.2) is 0 Å². The lowest BCUT2D eigenvalue weighted by Crippen LogP contribution is -2.36. The molecule has 0 bridgehead atoms. The van der Waals surface area contributed by atoms with Crippen LogP contribution in [0.2, 0.25) is 0 Å². The third-order valence-electron chi connectivity index (χ3n) is 3.79. The molecule has 1 fully saturated rings. The van der Waals surface area contributed by atoms with E-state index in [4.69, 9.17) is 4.74 Å². The number of rotatable bonds is 6. The summed E-state index contributed by atoms with van der Waals surface area (Å²) in [7, 11) is 0. The van der Waals surface area contributed by atoms with E-state index in [0.29, 0.717) is 22.9 Å². The molecule has 0 unspecified atom stereocenters. The zero-order valence-corrected chi connectivity index (χ0v) is 17.4. The van der Waals surface area contributed by atoms with Crippen molar-refractivity contribution in [2.24, 2.45) is 0 Å². The molecule has 1 aliphatic rings. The van der Waals surface area contributed by atoms with Gasteiger partial charge in [0, 0.05) is 10.2 Å². The number of hydrogen-bond acceptors (Lipinski definition) is 5. The first-order valence-electron chi connectivity index (χ1n) is 8.50. The minimum Gasteiger partial charge on any atom is -0.494 e. The Bertz CT molecular complexity index is 926. The van der Waals surface area contributed by atoms with Gasteiger partial charge in [0.1, 0.15) is 12.3 Å². The summed E-state index contributed by atoms with van der Waals surface area (Å²) in [5.41, 5.74) is 1.36. The summed E-state index contributed by atoms with van der Waals surface area (Å²) in [6, 6.07) is 14.2. The van der Waals surface area contributed by atoms with Crippen LogP contribution in [0.1, 0.15) is 12.5 Å². The van der Waals surface area contributed by atoms with Crippen molar-refractivity contribution in [3.63, 3.8) is 0 Å². The fourth-order valence-electron chi connectivity index (χ4n) is 2.49. The topological polar surface area (TPSA) is 75.7 Å². The van der Waals surface area contributed by atoms with E-state index in [1.54, 1.807) is 30.3 Å². The van der Waals surface area contributed by atoms with Crippen LogP contribution in [-0.2, 0) is 9.59 Å². The minimum atomic E-state index is -0.472. The number of nitrogens with zero attached hydrogens (tertiary/aromatic N) is 1. The first kappa shape index (κ1) is 20.2. The molecule has 1 heterocycles. The average Bonchev–Trinajstić information content (AvgIpc) is 2.93. The number of halogens is 1. The fraction of sp³-hybridized carbons (Fsp3) is 0.150. The van der Waals surface area contributed by atoms with Crippen LogP contribution >= 0.6 is 27.7 Å². The molecule has 0 aromatic heterocycles. The van der Waals surface area contributed by atoms with E-state index in [1.165, 1.54) is 0 Å². The monoisotopic (exact) mass is 460 g/mol. The summed E-state index contributed by atoms with van der Waals surface area (Å²) in [6.45, 7) is 2.10. The Hall–Kier alpha value is -2.58. The van der Waals surface area contributed by atoms with Gasteiger partial charge < -0.3 is 10.1 Å². The molecule has 1 N–H and O–H groups in total. The molecule has 0 radical (unpaired) electrons. The van der Waals surface area contributed by atoms with Crippen LogP contribution in [0, 0.1) is 0 Å². The molecule has 1 saturated heterocycles. The number of nitrogens with one attached hydrogen (secondary N) is 1. The van der Waals surface area contributed by atoms with Crippen molar-refractivity contribution in [3.05, 3.63) is 63.5 Å². The highest BCUT2D eigenvalue weighted by atomic mass is 79.9. The number of benzene rings is 2. The molecule has 3 amide bonds. The van der Waals surface area contributed by atoms with Gasteiger partial charge in [0.2, 0.25) is 5.91 Å². The van der Waals surface area contributed by atoms with Gasteiger partial charge in [-0.25, -0.2) is 0 Å². The van der Waals surface area contributed by atoms with Gasteiger partial charge in [-0.1, -0.05) is 28.1 Å². The van der Waals surface area contributed by atoms with Crippen LogP contribution in [0.25, 0.3) is 6.08 Å². The van der Waals surface area contributed by atoms with E-state index in [9.17, 15) is 14.4 Å². The second-order valence-electron chi connectivity index (χ2n) is 5.82. The van der Waals surface area contributed by atoms with Crippen molar-refractivity contribution >= 4 is 56.5 Å². The smallest absolute Gasteiger partial charge is 0.294 e. The molecule has 1 aliphatic heterocycles. The summed E-state index contributed by atoms with van der Waals surface area (Å²) in [6.07, 6.45) is 1.64. The van der Waals surface area contributed by atoms with E-state index in [0.717, 1.165) is 26.7 Å². The van der Waals surface area contributed by atoms with Crippen LogP contribution < -0.4 is 10.1 Å². The molecule has 0 spiro atoms. The molecule has 0 aliphatic carbocycles. The Morgan fingerprint density at radius 2 is 1.82 bits per heavy atom. The SMILES string of the molecule is CCOc1ccc(NC(=O)CN2C(=O)SC(=Cc3ccc(Br)cc3)C2=O)cc1. The quantitative estimate of drug-likeness (QED) is 0.641. The first-order chi connectivity index (χ1) is 13.5. The Morgan fingerprint density at radius 1 is 1.14 bits per heavy atom. The highest BCUT2D eigenvalue weighted by Crippen LogP contribution is 2.32. The second-order valence-corrected chi connectivity index (χ2v) is 7.73. The lowest BCUT2D eigenvalue weighted by molar-refractivity contribution is -0.127.